The Morgan fingerprint density at radius 3 is 2.24 bits per heavy atom. The SMILES string of the molecule is CCS(=O)(=O)c1ccc(N2CCC(O)(c3ccccc3Cl)CC2)cc1. The Kier molecular flexibility index (Phi) is 5.09. The van der Waals surface area contributed by atoms with Crippen molar-refractivity contribution in [2.45, 2.75) is 30.3 Å². The standard InChI is InChI=1S/C19H22ClNO3S/c1-2-25(23,24)16-9-7-15(8-10-16)21-13-11-19(22,12-14-21)17-5-3-4-6-18(17)20/h3-10,22H,2,11-14H2,1H3. The second kappa shape index (κ2) is 6.98. The van der Waals surface area contributed by atoms with Crippen LogP contribution >= 0.6 is 11.6 Å². The first-order valence-corrected chi connectivity index (χ1v) is 10.4. The highest BCUT2D eigenvalue weighted by Gasteiger charge is 2.35. The third kappa shape index (κ3) is 3.68. The molecule has 2 aromatic rings. The first kappa shape index (κ1) is 18.2. The topological polar surface area (TPSA) is 57.6 Å². The molecule has 0 radical (unpaired) electrons. The van der Waals surface area contributed by atoms with E-state index in [0.29, 0.717) is 35.8 Å². The van der Waals surface area contributed by atoms with Crippen LogP contribution in [0, 0.1) is 0 Å². The molecule has 0 amide bonds. The molecule has 0 saturated carbocycles. The van der Waals surface area contributed by atoms with Gasteiger partial charge in [-0.1, -0.05) is 36.7 Å². The Morgan fingerprint density at radius 1 is 1.08 bits per heavy atom. The van der Waals surface area contributed by atoms with Gasteiger partial charge in [0, 0.05) is 29.4 Å². The number of hydrogen-bond donors (Lipinski definition) is 1. The second-order valence-electron chi connectivity index (χ2n) is 6.40. The van der Waals surface area contributed by atoms with Crippen LogP contribution in [0.25, 0.3) is 0 Å². The van der Waals surface area contributed by atoms with Gasteiger partial charge in [-0.15, -0.1) is 0 Å². The van der Waals surface area contributed by atoms with Crippen molar-refractivity contribution in [3.05, 3.63) is 59.1 Å². The molecular weight excluding hydrogens is 358 g/mol. The molecule has 2 aromatic carbocycles. The molecule has 0 unspecified atom stereocenters. The van der Waals surface area contributed by atoms with Gasteiger partial charge in [-0.05, 0) is 43.2 Å². The zero-order valence-electron chi connectivity index (χ0n) is 14.2. The summed E-state index contributed by atoms with van der Waals surface area (Å²) >= 11 is 6.24. The maximum absolute atomic E-state index is 11.9. The summed E-state index contributed by atoms with van der Waals surface area (Å²) in [5, 5.41) is 11.6. The minimum Gasteiger partial charge on any atom is -0.385 e. The first-order valence-electron chi connectivity index (χ1n) is 8.41. The average molecular weight is 380 g/mol. The molecule has 25 heavy (non-hydrogen) atoms. The summed E-state index contributed by atoms with van der Waals surface area (Å²) in [7, 11) is -3.18. The van der Waals surface area contributed by atoms with Crippen molar-refractivity contribution in [2.75, 3.05) is 23.7 Å². The van der Waals surface area contributed by atoms with E-state index in [0.717, 1.165) is 11.3 Å². The molecule has 1 heterocycles. The van der Waals surface area contributed by atoms with Gasteiger partial charge in [-0.25, -0.2) is 8.42 Å². The highest BCUT2D eigenvalue weighted by molar-refractivity contribution is 7.91. The van der Waals surface area contributed by atoms with E-state index in [1.165, 1.54) is 0 Å². The quantitative estimate of drug-likeness (QED) is 0.881. The van der Waals surface area contributed by atoms with Crippen molar-refractivity contribution in [3.63, 3.8) is 0 Å². The van der Waals surface area contributed by atoms with E-state index < -0.39 is 15.4 Å². The number of aliphatic hydroxyl groups is 1. The van der Waals surface area contributed by atoms with Crippen LogP contribution in [0.5, 0.6) is 0 Å². The van der Waals surface area contributed by atoms with Crippen LogP contribution in [0.2, 0.25) is 5.02 Å². The molecule has 1 saturated heterocycles. The molecule has 6 heteroatoms. The lowest BCUT2D eigenvalue weighted by Gasteiger charge is -2.40. The van der Waals surface area contributed by atoms with Crippen LogP contribution in [-0.4, -0.2) is 32.4 Å². The molecule has 0 aliphatic carbocycles. The third-order valence-electron chi connectivity index (χ3n) is 4.91. The summed E-state index contributed by atoms with van der Waals surface area (Å²) < 4.78 is 23.8. The van der Waals surface area contributed by atoms with Gasteiger partial charge < -0.3 is 10.0 Å². The van der Waals surface area contributed by atoms with Crippen LogP contribution in [0.3, 0.4) is 0 Å². The molecular formula is C19H22ClNO3S. The Bertz CT molecular complexity index is 841. The van der Waals surface area contributed by atoms with Crippen molar-refractivity contribution < 1.29 is 13.5 Å². The van der Waals surface area contributed by atoms with Gasteiger partial charge in [-0.3, -0.25) is 0 Å². The van der Waals surface area contributed by atoms with Crippen molar-refractivity contribution in [2.24, 2.45) is 0 Å². The van der Waals surface area contributed by atoms with Gasteiger partial charge in [0.25, 0.3) is 0 Å². The number of rotatable bonds is 4. The Hall–Kier alpha value is -1.56. The number of halogens is 1. The Balaban J connectivity index is 1.73. The van der Waals surface area contributed by atoms with Gasteiger partial charge >= 0.3 is 0 Å². The zero-order valence-corrected chi connectivity index (χ0v) is 15.7. The molecule has 0 atom stereocenters. The van der Waals surface area contributed by atoms with Gasteiger partial charge in [0.05, 0.1) is 16.2 Å². The third-order valence-corrected chi connectivity index (χ3v) is 6.99. The van der Waals surface area contributed by atoms with Crippen LogP contribution in [0.15, 0.2) is 53.4 Å². The van der Waals surface area contributed by atoms with E-state index in [4.69, 9.17) is 11.6 Å². The zero-order chi connectivity index (χ0) is 18.1. The summed E-state index contributed by atoms with van der Waals surface area (Å²) in [5.74, 6) is 0.0981. The van der Waals surface area contributed by atoms with E-state index in [9.17, 15) is 13.5 Å². The Morgan fingerprint density at radius 2 is 1.68 bits per heavy atom. The number of hydrogen-bond acceptors (Lipinski definition) is 4. The average Bonchev–Trinajstić information content (AvgIpc) is 2.63. The predicted octanol–water partition coefficient (Wildman–Crippen LogP) is 3.62. The van der Waals surface area contributed by atoms with Gasteiger partial charge in [0.1, 0.15) is 0 Å². The van der Waals surface area contributed by atoms with Crippen molar-refractivity contribution in [1.29, 1.82) is 0 Å². The molecule has 0 bridgehead atoms. The number of piperidine rings is 1. The molecule has 134 valence electrons. The largest absolute Gasteiger partial charge is 0.385 e. The number of anilines is 1. The Labute approximate surface area is 154 Å². The lowest BCUT2D eigenvalue weighted by molar-refractivity contribution is 0.0119. The lowest BCUT2D eigenvalue weighted by Crippen LogP contribution is -2.42. The van der Waals surface area contributed by atoms with Gasteiger partial charge in [0.2, 0.25) is 0 Å². The van der Waals surface area contributed by atoms with E-state index in [1.54, 1.807) is 25.1 Å². The normalized spacial score (nSPS) is 17.5. The van der Waals surface area contributed by atoms with E-state index >= 15 is 0 Å². The molecule has 1 aliphatic heterocycles. The maximum Gasteiger partial charge on any atom is 0.178 e. The fourth-order valence-corrected chi connectivity index (χ4v) is 4.47. The van der Waals surface area contributed by atoms with Gasteiger partial charge in [-0.2, -0.15) is 0 Å². The summed E-state index contributed by atoms with van der Waals surface area (Å²) in [6.07, 6.45) is 1.15. The molecule has 0 spiro atoms. The molecule has 1 fully saturated rings. The minimum absolute atomic E-state index is 0.0981. The van der Waals surface area contributed by atoms with E-state index in [1.807, 2.05) is 30.3 Å². The van der Waals surface area contributed by atoms with Crippen molar-refractivity contribution in [3.8, 4) is 0 Å². The number of benzene rings is 2. The molecule has 0 aromatic heterocycles. The fraction of sp³-hybridized carbons (Fsp3) is 0.368. The van der Waals surface area contributed by atoms with Crippen LogP contribution in [0.4, 0.5) is 5.69 Å². The smallest absolute Gasteiger partial charge is 0.178 e. The maximum atomic E-state index is 11.9. The summed E-state index contributed by atoms with van der Waals surface area (Å²) in [6.45, 7) is 3.01. The highest BCUT2D eigenvalue weighted by atomic mass is 35.5. The molecule has 4 nitrogen and oxygen atoms in total. The molecule has 1 aliphatic rings. The van der Waals surface area contributed by atoms with Gasteiger partial charge in [0.15, 0.2) is 9.84 Å². The number of sulfone groups is 1. The lowest BCUT2D eigenvalue weighted by atomic mass is 9.84. The highest BCUT2D eigenvalue weighted by Crippen LogP contribution is 2.37. The summed E-state index contributed by atoms with van der Waals surface area (Å²) in [5.41, 5.74) is 0.831. The predicted molar refractivity (Wildman–Crippen MR) is 101 cm³/mol. The molecule has 3 rings (SSSR count). The number of nitrogens with zero attached hydrogens (tertiary/aromatic N) is 1. The summed E-state index contributed by atoms with van der Waals surface area (Å²) in [4.78, 5) is 2.51. The van der Waals surface area contributed by atoms with E-state index in [-0.39, 0.29) is 5.75 Å². The summed E-state index contributed by atoms with van der Waals surface area (Å²) in [6, 6.07) is 14.4. The second-order valence-corrected chi connectivity index (χ2v) is 9.08. The molecule has 1 N–H and O–H groups in total. The first-order chi connectivity index (χ1) is 11.9. The van der Waals surface area contributed by atoms with Crippen molar-refractivity contribution >= 4 is 27.1 Å². The van der Waals surface area contributed by atoms with Crippen LogP contribution in [0.1, 0.15) is 25.3 Å². The van der Waals surface area contributed by atoms with E-state index in [2.05, 4.69) is 4.90 Å². The van der Waals surface area contributed by atoms with Crippen LogP contribution < -0.4 is 4.90 Å². The minimum atomic E-state index is -3.18. The van der Waals surface area contributed by atoms with Crippen molar-refractivity contribution in [1.82, 2.24) is 0 Å². The van der Waals surface area contributed by atoms with Crippen LogP contribution in [-0.2, 0) is 15.4 Å². The fourth-order valence-electron chi connectivity index (χ4n) is 3.27. The monoisotopic (exact) mass is 379 g/mol.